The van der Waals surface area contributed by atoms with Crippen LogP contribution < -0.4 is 0 Å². The van der Waals surface area contributed by atoms with E-state index in [0.717, 1.165) is 31.3 Å². The van der Waals surface area contributed by atoms with Gasteiger partial charge in [0.25, 0.3) is 0 Å². The van der Waals surface area contributed by atoms with Crippen LogP contribution in [0.3, 0.4) is 0 Å². The third-order valence-electron chi connectivity index (χ3n) is 8.39. The molecule has 0 aromatic heterocycles. The molecule has 0 unspecified atom stereocenters. The van der Waals surface area contributed by atoms with E-state index in [9.17, 15) is 19.8 Å². The highest BCUT2D eigenvalue weighted by Crippen LogP contribution is 2.69. The summed E-state index contributed by atoms with van der Waals surface area (Å²) in [4.78, 5) is 25.2. The zero-order valence-corrected chi connectivity index (χ0v) is 14.8. The van der Waals surface area contributed by atoms with Gasteiger partial charge in [-0.05, 0) is 57.3 Å². The van der Waals surface area contributed by atoms with Crippen molar-refractivity contribution in [2.45, 2.75) is 65.4 Å². The van der Waals surface area contributed by atoms with Gasteiger partial charge in [-0.25, -0.2) is 0 Å². The second-order valence-corrected chi connectivity index (χ2v) is 9.20. The summed E-state index contributed by atoms with van der Waals surface area (Å²) in [5, 5.41) is 20.8. The largest absolute Gasteiger partial charge is 0.481 e. The molecule has 4 aliphatic rings. The van der Waals surface area contributed by atoms with Gasteiger partial charge < -0.3 is 10.2 Å². The topological polar surface area (TPSA) is 74.6 Å². The Morgan fingerprint density at radius 1 is 1.25 bits per heavy atom. The summed E-state index contributed by atoms with van der Waals surface area (Å²) in [6.45, 7) is 5.92. The minimum Gasteiger partial charge on any atom is -0.481 e. The van der Waals surface area contributed by atoms with E-state index in [1.807, 2.05) is 20.8 Å². The van der Waals surface area contributed by atoms with Gasteiger partial charge in [0.1, 0.15) is 5.78 Å². The minimum absolute atomic E-state index is 0.0884. The maximum Gasteiger partial charge on any atom is 0.309 e. The monoisotopic (exact) mass is 332 g/mol. The molecule has 4 rings (SSSR count). The summed E-state index contributed by atoms with van der Waals surface area (Å²) in [6.07, 6.45) is 5.93. The van der Waals surface area contributed by atoms with Gasteiger partial charge in [-0.1, -0.05) is 25.5 Å². The van der Waals surface area contributed by atoms with Crippen molar-refractivity contribution in [3.05, 3.63) is 11.6 Å². The molecule has 132 valence electrons. The number of carbonyl (C=O) groups is 2. The Labute approximate surface area is 143 Å². The Morgan fingerprint density at radius 3 is 2.62 bits per heavy atom. The molecule has 7 atom stereocenters. The van der Waals surface area contributed by atoms with Gasteiger partial charge in [0.15, 0.2) is 0 Å². The van der Waals surface area contributed by atoms with Gasteiger partial charge in [0, 0.05) is 11.3 Å². The number of fused-ring (bicyclic) bond motifs is 3. The van der Waals surface area contributed by atoms with E-state index in [-0.39, 0.29) is 11.8 Å². The standard InChI is InChI=1S/C20H28O4/c1-11-12-4-5-14-19(3)13(6-9-20(14,10-12)16(11)22)18(2,17(23)24)8-7-15(19)21/h5,11-13,15,21H,4,6-10H2,1-3H3,(H,23,24)/t11-,12+,13+,15-,18+,19+,20+/m1/s1. The van der Waals surface area contributed by atoms with Gasteiger partial charge >= 0.3 is 5.97 Å². The van der Waals surface area contributed by atoms with E-state index in [4.69, 9.17) is 0 Å². The number of aliphatic hydroxyl groups is 1. The molecular formula is C20H28O4. The Hall–Kier alpha value is -1.16. The van der Waals surface area contributed by atoms with Crippen LogP contribution in [0.15, 0.2) is 11.6 Å². The SMILES string of the molecule is C[C@H]1C(=O)[C@]23CC[C@@H]4[C@@](C)(C2=CC[C@H]1C3)[C@H](O)CC[C@]4(C)C(=O)O. The highest BCUT2D eigenvalue weighted by atomic mass is 16.4. The molecule has 0 amide bonds. The van der Waals surface area contributed by atoms with Crippen LogP contribution in [-0.4, -0.2) is 28.1 Å². The quantitative estimate of drug-likeness (QED) is 0.723. The summed E-state index contributed by atoms with van der Waals surface area (Å²) >= 11 is 0. The molecule has 0 heterocycles. The van der Waals surface area contributed by atoms with Gasteiger partial charge in [-0.2, -0.15) is 0 Å². The van der Waals surface area contributed by atoms with Crippen LogP contribution in [-0.2, 0) is 9.59 Å². The summed E-state index contributed by atoms with van der Waals surface area (Å²) in [5.74, 6) is -0.0189. The fourth-order valence-electron chi connectivity index (χ4n) is 6.90. The lowest BCUT2D eigenvalue weighted by Crippen LogP contribution is -2.60. The molecule has 0 aromatic carbocycles. The zero-order valence-electron chi connectivity index (χ0n) is 14.8. The van der Waals surface area contributed by atoms with Crippen LogP contribution in [0.2, 0.25) is 0 Å². The highest BCUT2D eigenvalue weighted by molar-refractivity contribution is 5.93. The molecule has 4 heteroatoms. The lowest BCUT2D eigenvalue weighted by molar-refractivity contribution is -0.172. The first-order valence-corrected chi connectivity index (χ1v) is 9.35. The Kier molecular flexibility index (Phi) is 3.21. The third-order valence-corrected chi connectivity index (χ3v) is 8.39. The van der Waals surface area contributed by atoms with Crippen molar-refractivity contribution in [2.24, 2.45) is 34.0 Å². The molecule has 0 saturated heterocycles. The van der Waals surface area contributed by atoms with Crippen LogP contribution in [0.5, 0.6) is 0 Å². The Bertz CT molecular complexity index is 652. The molecular weight excluding hydrogens is 304 g/mol. The third kappa shape index (κ3) is 1.63. The molecule has 0 aromatic rings. The maximum atomic E-state index is 13.1. The molecule has 4 nitrogen and oxygen atoms in total. The molecule has 1 spiro atoms. The first-order chi connectivity index (χ1) is 11.2. The van der Waals surface area contributed by atoms with E-state index in [1.165, 1.54) is 0 Å². The summed E-state index contributed by atoms with van der Waals surface area (Å²) in [7, 11) is 0. The van der Waals surface area contributed by atoms with Crippen molar-refractivity contribution < 1.29 is 19.8 Å². The normalized spacial score (nSPS) is 53.2. The number of carbonyl (C=O) groups excluding carboxylic acids is 1. The fraction of sp³-hybridized carbons (Fsp3) is 0.800. The molecule has 24 heavy (non-hydrogen) atoms. The minimum atomic E-state index is -0.819. The second kappa shape index (κ2) is 4.72. The first-order valence-electron chi connectivity index (χ1n) is 9.35. The number of rotatable bonds is 1. The number of carboxylic acids is 1. The predicted molar refractivity (Wildman–Crippen MR) is 89.2 cm³/mol. The number of allylic oxidation sites excluding steroid dienone is 1. The van der Waals surface area contributed by atoms with Gasteiger partial charge in [0.05, 0.1) is 16.9 Å². The number of carboxylic acid groups (broad SMARTS) is 1. The molecule has 0 radical (unpaired) electrons. The second-order valence-electron chi connectivity index (χ2n) is 9.20. The van der Waals surface area contributed by atoms with E-state index < -0.39 is 28.3 Å². The zero-order chi connectivity index (χ0) is 17.5. The lowest BCUT2D eigenvalue weighted by Gasteiger charge is -2.61. The summed E-state index contributed by atoms with van der Waals surface area (Å²) in [6, 6.07) is 0. The number of hydrogen-bond acceptors (Lipinski definition) is 3. The Balaban J connectivity index is 1.86. The predicted octanol–water partition coefficient (Wildman–Crippen LogP) is 3.19. The first kappa shape index (κ1) is 16.3. The summed E-state index contributed by atoms with van der Waals surface area (Å²) in [5.41, 5.74) is -0.753. The number of aliphatic hydroxyl groups excluding tert-OH is 1. The number of ketones is 1. The van der Waals surface area contributed by atoms with Gasteiger partial charge in [-0.3, -0.25) is 9.59 Å². The van der Waals surface area contributed by atoms with Crippen LogP contribution in [0.4, 0.5) is 0 Å². The van der Waals surface area contributed by atoms with Crippen molar-refractivity contribution in [1.29, 1.82) is 0 Å². The van der Waals surface area contributed by atoms with Crippen molar-refractivity contribution in [1.82, 2.24) is 0 Å². The molecule has 3 saturated carbocycles. The lowest BCUT2D eigenvalue weighted by atomic mass is 9.43. The van der Waals surface area contributed by atoms with Crippen molar-refractivity contribution >= 4 is 11.8 Å². The molecule has 0 aliphatic heterocycles. The van der Waals surface area contributed by atoms with Crippen LogP contribution in [0.25, 0.3) is 0 Å². The number of aliphatic carboxylic acids is 1. The number of hydrogen-bond donors (Lipinski definition) is 2. The van der Waals surface area contributed by atoms with Crippen molar-refractivity contribution in [2.75, 3.05) is 0 Å². The smallest absolute Gasteiger partial charge is 0.309 e. The van der Waals surface area contributed by atoms with E-state index in [0.29, 0.717) is 24.5 Å². The van der Waals surface area contributed by atoms with Crippen LogP contribution >= 0.6 is 0 Å². The van der Waals surface area contributed by atoms with E-state index in [1.54, 1.807) is 0 Å². The average Bonchev–Trinajstić information content (AvgIpc) is 2.72. The molecule has 2 N–H and O–H groups in total. The van der Waals surface area contributed by atoms with Gasteiger partial charge in [0.2, 0.25) is 0 Å². The van der Waals surface area contributed by atoms with Crippen molar-refractivity contribution in [3.63, 3.8) is 0 Å². The molecule has 4 aliphatic carbocycles. The molecule has 3 fully saturated rings. The average molecular weight is 332 g/mol. The highest BCUT2D eigenvalue weighted by Gasteiger charge is 2.68. The number of Topliss-reactive ketones (excluding diaryl/α,β-unsaturated/α-hetero) is 1. The van der Waals surface area contributed by atoms with Crippen LogP contribution in [0.1, 0.15) is 59.3 Å². The Morgan fingerprint density at radius 2 is 1.96 bits per heavy atom. The molecule has 2 bridgehead atoms. The van der Waals surface area contributed by atoms with Gasteiger partial charge in [-0.15, -0.1) is 0 Å². The van der Waals surface area contributed by atoms with E-state index in [2.05, 4.69) is 6.08 Å². The maximum absolute atomic E-state index is 13.1. The van der Waals surface area contributed by atoms with Crippen LogP contribution in [0, 0.1) is 34.0 Å². The van der Waals surface area contributed by atoms with E-state index >= 15 is 0 Å². The fourth-order valence-corrected chi connectivity index (χ4v) is 6.90. The van der Waals surface area contributed by atoms with Crippen molar-refractivity contribution in [3.8, 4) is 0 Å². The summed E-state index contributed by atoms with van der Waals surface area (Å²) < 4.78 is 0.